The van der Waals surface area contributed by atoms with Crippen LogP contribution in [-0.2, 0) is 9.47 Å². The summed E-state index contributed by atoms with van der Waals surface area (Å²) in [6.45, 7) is 6.84. The number of aliphatic imine (C=N–C) groups is 1. The second-order valence-corrected chi connectivity index (χ2v) is 6.72. The van der Waals surface area contributed by atoms with Crippen molar-refractivity contribution < 1.29 is 23.7 Å². The fourth-order valence-corrected chi connectivity index (χ4v) is 2.66. The number of guanidine groups is 1. The van der Waals surface area contributed by atoms with Crippen molar-refractivity contribution in [2.24, 2.45) is 10.9 Å². The minimum Gasteiger partial charge on any atom is -0.491 e. The highest BCUT2D eigenvalue weighted by molar-refractivity contribution is 14.0. The van der Waals surface area contributed by atoms with E-state index in [0.29, 0.717) is 24.2 Å². The van der Waals surface area contributed by atoms with Gasteiger partial charge >= 0.3 is 0 Å². The van der Waals surface area contributed by atoms with Gasteiger partial charge in [0.1, 0.15) is 24.3 Å². The normalized spacial score (nSPS) is 17.5. The van der Waals surface area contributed by atoms with Crippen LogP contribution in [-0.4, -0.2) is 69.8 Å². The SMILES string of the molecule is CCNC(=NCC(O)COc1ccc(F)cc1)NCCCOCC1CCOC1.I. The van der Waals surface area contributed by atoms with Gasteiger partial charge in [-0.1, -0.05) is 0 Å². The molecule has 1 aliphatic heterocycles. The van der Waals surface area contributed by atoms with Crippen molar-refractivity contribution >= 4 is 29.9 Å². The van der Waals surface area contributed by atoms with Crippen molar-refractivity contribution in [1.82, 2.24) is 10.6 Å². The summed E-state index contributed by atoms with van der Waals surface area (Å²) in [5, 5.41) is 16.4. The lowest BCUT2D eigenvalue weighted by molar-refractivity contribution is 0.0887. The molecule has 1 heterocycles. The van der Waals surface area contributed by atoms with E-state index in [1.54, 1.807) is 0 Å². The highest BCUT2D eigenvalue weighted by atomic mass is 127. The summed E-state index contributed by atoms with van der Waals surface area (Å²) in [6.07, 6.45) is 1.20. The van der Waals surface area contributed by atoms with Crippen molar-refractivity contribution in [2.45, 2.75) is 25.9 Å². The topological polar surface area (TPSA) is 84.3 Å². The van der Waals surface area contributed by atoms with Crippen molar-refractivity contribution in [3.8, 4) is 5.75 Å². The van der Waals surface area contributed by atoms with E-state index in [1.165, 1.54) is 24.3 Å². The van der Waals surface area contributed by atoms with E-state index >= 15 is 0 Å². The van der Waals surface area contributed by atoms with Gasteiger partial charge in [-0.05, 0) is 44.0 Å². The van der Waals surface area contributed by atoms with Gasteiger partial charge < -0.3 is 30.0 Å². The Hall–Kier alpha value is -1.17. The Morgan fingerprint density at radius 2 is 2.14 bits per heavy atom. The number of aliphatic hydroxyl groups excluding tert-OH is 1. The Balaban J connectivity index is 0.00000420. The Morgan fingerprint density at radius 3 is 2.83 bits per heavy atom. The lowest BCUT2D eigenvalue weighted by Gasteiger charge is -2.14. The molecule has 3 N–H and O–H groups in total. The molecule has 0 radical (unpaired) electrons. The van der Waals surface area contributed by atoms with Gasteiger partial charge in [-0.3, -0.25) is 4.99 Å². The molecule has 166 valence electrons. The number of nitrogens with one attached hydrogen (secondary N) is 2. The van der Waals surface area contributed by atoms with Gasteiger partial charge in [0, 0.05) is 32.2 Å². The molecule has 2 rings (SSSR count). The average molecular weight is 525 g/mol. The third-order valence-corrected chi connectivity index (χ3v) is 4.20. The van der Waals surface area contributed by atoms with Crippen LogP contribution in [0.15, 0.2) is 29.3 Å². The number of ether oxygens (including phenoxy) is 3. The van der Waals surface area contributed by atoms with Crippen LogP contribution in [0.3, 0.4) is 0 Å². The molecule has 0 saturated carbocycles. The van der Waals surface area contributed by atoms with E-state index in [2.05, 4.69) is 15.6 Å². The monoisotopic (exact) mass is 525 g/mol. The van der Waals surface area contributed by atoms with E-state index in [-0.39, 0.29) is 42.9 Å². The molecule has 1 aliphatic rings. The van der Waals surface area contributed by atoms with Crippen molar-refractivity contribution in [2.75, 3.05) is 52.7 Å². The van der Waals surface area contributed by atoms with Crippen LogP contribution < -0.4 is 15.4 Å². The molecule has 0 bridgehead atoms. The van der Waals surface area contributed by atoms with Gasteiger partial charge in [0.2, 0.25) is 0 Å². The van der Waals surface area contributed by atoms with Crippen LogP contribution in [0.2, 0.25) is 0 Å². The second kappa shape index (κ2) is 15.6. The lowest BCUT2D eigenvalue weighted by Crippen LogP contribution is -2.39. The zero-order valence-corrected chi connectivity index (χ0v) is 19.3. The zero-order valence-electron chi connectivity index (χ0n) is 16.9. The number of nitrogens with zero attached hydrogens (tertiary/aromatic N) is 1. The van der Waals surface area contributed by atoms with E-state index in [0.717, 1.165) is 45.8 Å². The predicted octanol–water partition coefficient (Wildman–Crippen LogP) is 2.18. The average Bonchev–Trinajstić information content (AvgIpc) is 3.21. The first kappa shape index (κ1) is 25.9. The van der Waals surface area contributed by atoms with Crippen LogP contribution in [0.5, 0.6) is 5.75 Å². The molecule has 1 fully saturated rings. The number of halogens is 2. The summed E-state index contributed by atoms with van der Waals surface area (Å²) < 4.78 is 29.3. The smallest absolute Gasteiger partial charge is 0.191 e. The summed E-state index contributed by atoms with van der Waals surface area (Å²) in [6, 6.07) is 5.69. The molecule has 0 spiro atoms. The summed E-state index contributed by atoms with van der Waals surface area (Å²) in [7, 11) is 0. The number of aliphatic hydroxyl groups is 1. The number of hydrogen-bond acceptors (Lipinski definition) is 5. The number of hydrogen-bond donors (Lipinski definition) is 3. The van der Waals surface area contributed by atoms with Crippen LogP contribution in [0.25, 0.3) is 0 Å². The minimum atomic E-state index is -0.752. The summed E-state index contributed by atoms with van der Waals surface area (Å²) >= 11 is 0. The first-order chi connectivity index (χ1) is 13.7. The number of rotatable bonds is 12. The maximum absolute atomic E-state index is 12.9. The van der Waals surface area contributed by atoms with E-state index in [4.69, 9.17) is 14.2 Å². The third-order valence-electron chi connectivity index (χ3n) is 4.20. The molecule has 9 heteroatoms. The first-order valence-corrected chi connectivity index (χ1v) is 9.91. The Bertz CT molecular complexity index is 571. The highest BCUT2D eigenvalue weighted by Crippen LogP contribution is 2.12. The molecule has 0 amide bonds. The zero-order chi connectivity index (χ0) is 20.0. The summed E-state index contributed by atoms with van der Waals surface area (Å²) in [5.41, 5.74) is 0. The molecule has 2 atom stereocenters. The Labute approximate surface area is 189 Å². The Kier molecular flexibility index (Phi) is 14.0. The van der Waals surface area contributed by atoms with Crippen LogP contribution in [0, 0.1) is 11.7 Å². The number of benzene rings is 1. The molecule has 2 unspecified atom stereocenters. The minimum absolute atomic E-state index is 0. The molecule has 7 nitrogen and oxygen atoms in total. The van der Waals surface area contributed by atoms with Gasteiger partial charge in [-0.2, -0.15) is 0 Å². The summed E-state index contributed by atoms with van der Waals surface area (Å²) in [5.74, 6) is 1.37. The van der Waals surface area contributed by atoms with E-state index in [1.807, 2.05) is 6.92 Å². The van der Waals surface area contributed by atoms with E-state index in [9.17, 15) is 9.50 Å². The molecule has 1 aromatic rings. The van der Waals surface area contributed by atoms with Crippen LogP contribution in [0.1, 0.15) is 19.8 Å². The molecule has 1 aromatic carbocycles. The van der Waals surface area contributed by atoms with Gasteiger partial charge in [0.05, 0.1) is 19.8 Å². The lowest BCUT2D eigenvalue weighted by atomic mass is 10.1. The fourth-order valence-electron chi connectivity index (χ4n) is 2.66. The quantitative estimate of drug-likeness (QED) is 0.168. The molecule has 0 aliphatic carbocycles. The van der Waals surface area contributed by atoms with Gasteiger partial charge in [0.25, 0.3) is 0 Å². The van der Waals surface area contributed by atoms with E-state index < -0.39 is 6.10 Å². The standard InChI is InChI=1S/C20H32FN3O4.HI/c1-2-22-20(23-9-3-10-26-13-16-8-11-27-14-16)24-12-18(25)15-28-19-6-4-17(21)5-7-19;/h4-7,16,18,25H,2-3,8-15H2,1H3,(H2,22,23,24);1H. The predicted molar refractivity (Wildman–Crippen MR) is 122 cm³/mol. The second-order valence-electron chi connectivity index (χ2n) is 6.72. The van der Waals surface area contributed by atoms with Crippen molar-refractivity contribution in [3.63, 3.8) is 0 Å². The molecule has 29 heavy (non-hydrogen) atoms. The maximum atomic E-state index is 12.9. The largest absolute Gasteiger partial charge is 0.491 e. The van der Waals surface area contributed by atoms with Gasteiger partial charge in [-0.25, -0.2) is 4.39 Å². The Morgan fingerprint density at radius 1 is 1.34 bits per heavy atom. The van der Waals surface area contributed by atoms with Crippen LogP contribution in [0.4, 0.5) is 4.39 Å². The molecular weight excluding hydrogens is 492 g/mol. The fraction of sp³-hybridized carbons (Fsp3) is 0.650. The van der Waals surface area contributed by atoms with Gasteiger partial charge in [-0.15, -0.1) is 24.0 Å². The molecular formula is C20H33FIN3O4. The highest BCUT2D eigenvalue weighted by Gasteiger charge is 2.15. The maximum Gasteiger partial charge on any atom is 0.191 e. The van der Waals surface area contributed by atoms with Crippen LogP contribution >= 0.6 is 24.0 Å². The third kappa shape index (κ3) is 11.6. The van der Waals surface area contributed by atoms with Crippen molar-refractivity contribution in [3.05, 3.63) is 30.1 Å². The molecule has 0 aromatic heterocycles. The van der Waals surface area contributed by atoms with Gasteiger partial charge in [0.15, 0.2) is 5.96 Å². The first-order valence-electron chi connectivity index (χ1n) is 9.91. The summed E-state index contributed by atoms with van der Waals surface area (Å²) in [4.78, 5) is 4.37. The molecule has 1 saturated heterocycles. The van der Waals surface area contributed by atoms with Crippen molar-refractivity contribution in [1.29, 1.82) is 0 Å².